The Hall–Kier alpha value is -2.24. The Balaban J connectivity index is 1.61. The van der Waals surface area contributed by atoms with Gasteiger partial charge in [-0.15, -0.1) is 0 Å². The van der Waals surface area contributed by atoms with Crippen molar-refractivity contribution in [2.24, 2.45) is 0 Å². The van der Waals surface area contributed by atoms with Crippen LogP contribution in [0.25, 0.3) is 5.69 Å². The number of aryl methyl sites for hydroxylation is 2. The van der Waals surface area contributed by atoms with Crippen molar-refractivity contribution in [2.45, 2.75) is 39.4 Å². The molecule has 0 aliphatic carbocycles. The van der Waals surface area contributed by atoms with Crippen LogP contribution in [0.15, 0.2) is 54.9 Å². The maximum absolute atomic E-state index is 5.74. The van der Waals surface area contributed by atoms with E-state index in [1.54, 1.807) is 0 Å². The molecule has 2 aromatic carbocycles. The summed E-state index contributed by atoms with van der Waals surface area (Å²) >= 11 is 5.74. The van der Waals surface area contributed by atoms with Gasteiger partial charge in [0.1, 0.15) is 6.33 Å². The molecule has 5 heteroatoms. The van der Waals surface area contributed by atoms with Crippen LogP contribution in [0.3, 0.4) is 0 Å². The summed E-state index contributed by atoms with van der Waals surface area (Å²) in [6, 6.07) is 17.6. The molecule has 0 amide bonds. The molecule has 1 aliphatic rings. The molecule has 1 atom stereocenters. The van der Waals surface area contributed by atoms with Gasteiger partial charge in [-0.3, -0.25) is 9.47 Å². The lowest BCUT2D eigenvalue weighted by atomic mass is 10.1. The molecule has 0 radical (unpaired) electrons. The second-order valence-electron chi connectivity index (χ2n) is 7.10. The lowest BCUT2D eigenvalue weighted by molar-refractivity contribution is 0.190. The summed E-state index contributed by atoms with van der Waals surface area (Å²) in [5, 5.41) is 4.59. The van der Waals surface area contributed by atoms with Gasteiger partial charge < -0.3 is 0 Å². The number of likely N-dealkylation sites (tertiary alicyclic amines) is 1. The summed E-state index contributed by atoms with van der Waals surface area (Å²) in [4.78, 5) is 2.48. The number of hydrogen-bond donors (Lipinski definition) is 0. The summed E-state index contributed by atoms with van der Waals surface area (Å²) < 4.78 is 4.71. The van der Waals surface area contributed by atoms with E-state index >= 15 is 0 Å². The highest BCUT2D eigenvalue weighted by atomic mass is 32.1. The fraction of sp³-hybridized carbons (Fsp3) is 0.333. The SMILES string of the molecule is Cc1ccc(C)c(-n2cnn(CN3CCCC3c3ccccc3)c2=S)c1. The monoisotopic (exact) mass is 364 g/mol. The largest absolute Gasteiger partial charge is 0.277 e. The van der Waals surface area contributed by atoms with Gasteiger partial charge in [0.15, 0.2) is 0 Å². The first-order chi connectivity index (χ1) is 12.6. The average molecular weight is 365 g/mol. The van der Waals surface area contributed by atoms with Gasteiger partial charge in [-0.25, -0.2) is 4.68 Å². The van der Waals surface area contributed by atoms with Gasteiger partial charge in [-0.2, -0.15) is 5.10 Å². The number of hydrogen-bond acceptors (Lipinski definition) is 3. The smallest absolute Gasteiger partial charge is 0.203 e. The molecule has 2 heterocycles. The highest BCUT2D eigenvalue weighted by Gasteiger charge is 2.26. The predicted octanol–water partition coefficient (Wildman–Crippen LogP) is 4.81. The minimum Gasteiger partial charge on any atom is -0.277 e. The zero-order chi connectivity index (χ0) is 18.1. The van der Waals surface area contributed by atoms with Gasteiger partial charge in [0, 0.05) is 12.6 Å². The van der Waals surface area contributed by atoms with Gasteiger partial charge in [-0.05, 0) is 61.7 Å². The van der Waals surface area contributed by atoms with E-state index in [0.717, 1.165) is 23.7 Å². The molecule has 1 fully saturated rings. The molecular weight excluding hydrogens is 340 g/mol. The van der Waals surface area contributed by atoms with Crippen LogP contribution >= 0.6 is 12.2 Å². The van der Waals surface area contributed by atoms with Crippen LogP contribution in [-0.2, 0) is 6.67 Å². The molecule has 4 nitrogen and oxygen atoms in total. The lowest BCUT2D eigenvalue weighted by Gasteiger charge is -2.24. The number of aromatic nitrogens is 3. The fourth-order valence-corrected chi connectivity index (χ4v) is 4.05. The van der Waals surface area contributed by atoms with Crippen LogP contribution in [0.5, 0.6) is 0 Å². The Bertz CT molecular complexity index is 958. The Morgan fingerprint density at radius 2 is 1.92 bits per heavy atom. The van der Waals surface area contributed by atoms with Crippen LogP contribution in [0.2, 0.25) is 0 Å². The average Bonchev–Trinajstić information content (AvgIpc) is 3.26. The van der Waals surface area contributed by atoms with Crippen molar-refractivity contribution in [3.05, 3.63) is 76.3 Å². The molecule has 1 unspecified atom stereocenters. The normalized spacial score (nSPS) is 17.7. The third kappa shape index (κ3) is 3.24. The zero-order valence-corrected chi connectivity index (χ0v) is 16.1. The van der Waals surface area contributed by atoms with Crippen molar-refractivity contribution in [3.8, 4) is 5.69 Å². The zero-order valence-electron chi connectivity index (χ0n) is 15.3. The second-order valence-corrected chi connectivity index (χ2v) is 7.46. The molecule has 0 saturated carbocycles. The minimum atomic E-state index is 0.448. The van der Waals surface area contributed by atoms with Crippen LogP contribution in [0.1, 0.15) is 35.6 Å². The first-order valence-corrected chi connectivity index (χ1v) is 9.55. The maximum atomic E-state index is 5.74. The van der Waals surface area contributed by atoms with E-state index in [0.29, 0.717) is 6.04 Å². The molecule has 3 aromatic rings. The number of benzene rings is 2. The third-order valence-electron chi connectivity index (χ3n) is 5.22. The van der Waals surface area contributed by atoms with Crippen molar-refractivity contribution in [1.29, 1.82) is 0 Å². The summed E-state index contributed by atoms with van der Waals surface area (Å²) in [6.07, 6.45) is 4.25. The molecule has 0 spiro atoms. The van der Waals surface area contributed by atoms with Crippen molar-refractivity contribution in [1.82, 2.24) is 19.2 Å². The number of rotatable bonds is 4. The Morgan fingerprint density at radius 3 is 2.73 bits per heavy atom. The van der Waals surface area contributed by atoms with Crippen molar-refractivity contribution in [2.75, 3.05) is 6.54 Å². The van der Waals surface area contributed by atoms with Crippen molar-refractivity contribution in [3.63, 3.8) is 0 Å². The van der Waals surface area contributed by atoms with Crippen LogP contribution in [0.4, 0.5) is 0 Å². The molecular formula is C21H24N4S. The molecule has 1 aromatic heterocycles. The Morgan fingerprint density at radius 1 is 1.12 bits per heavy atom. The van der Waals surface area contributed by atoms with Gasteiger partial charge >= 0.3 is 0 Å². The predicted molar refractivity (Wildman–Crippen MR) is 107 cm³/mol. The summed E-state index contributed by atoms with van der Waals surface area (Å²) in [5.74, 6) is 0. The van der Waals surface area contributed by atoms with E-state index in [-0.39, 0.29) is 0 Å². The standard InChI is InChI=1S/C21H24N4S/c1-16-10-11-17(2)20(13-16)24-14-22-25(21(24)26)15-23-12-6-9-19(23)18-7-4-3-5-8-18/h3-5,7-8,10-11,13-14,19H,6,9,12,15H2,1-2H3. The summed E-state index contributed by atoms with van der Waals surface area (Å²) in [6.45, 7) is 6.03. The van der Waals surface area contributed by atoms with E-state index in [2.05, 4.69) is 72.4 Å². The highest BCUT2D eigenvalue weighted by Crippen LogP contribution is 2.32. The Kier molecular flexibility index (Phi) is 4.74. The molecule has 134 valence electrons. The van der Waals surface area contributed by atoms with Gasteiger partial charge in [0.25, 0.3) is 0 Å². The first-order valence-electron chi connectivity index (χ1n) is 9.14. The number of nitrogens with zero attached hydrogens (tertiary/aromatic N) is 4. The van der Waals surface area contributed by atoms with E-state index in [1.807, 2.05) is 15.6 Å². The van der Waals surface area contributed by atoms with Gasteiger partial charge in [0.05, 0.1) is 12.4 Å². The van der Waals surface area contributed by atoms with Crippen molar-refractivity contribution >= 4 is 12.2 Å². The molecule has 4 rings (SSSR count). The van der Waals surface area contributed by atoms with E-state index in [9.17, 15) is 0 Å². The Labute approximate surface area is 159 Å². The van der Waals surface area contributed by atoms with Crippen molar-refractivity contribution < 1.29 is 0 Å². The van der Waals surface area contributed by atoms with Gasteiger partial charge in [0.2, 0.25) is 4.77 Å². The minimum absolute atomic E-state index is 0.448. The third-order valence-corrected chi connectivity index (χ3v) is 5.63. The molecule has 26 heavy (non-hydrogen) atoms. The van der Waals surface area contributed by atoms with Gasteiger partial charge in [-0.1, -0.05) is 42.5 Å². The summed E-state index contributed by atoms with van der Waals surface area (Å²) in [7, 11) is 0. The van der Waals surface area contributed by atoms with E-state index < -0.39 is 0 Å². The van der Waals surface area contributed by atoms with E-state index in [1.165, 1.54) is 29.5 Å². The van der Waals surface area contributed by atoms with Crippen LogP contribution < -0.4 is 0 Å². The first kappa shape index (κ1) is 17.2. The maximum Gasteiger partial charge on any atom is 0.203 e. The fourth-order valence-electron chi connectivity index (χ4n) is 3.80. The summed E-state index contributed by atoms with van der Waals surface area (Å²) in [5.41, 5.74) is 4.92. The molecule has 1 aliphatic heterocycles. The lowest BCUT2D eigenvalue weighted by Crippen LogP contribution is -2.27. The molecule has 0 N–H and O–H groups in total. The second kappa shape index (κ2) is 7.17. The molecule has 1 saturated heterocycles. The van der Waals surface area contributed by atoms with Crippen LogP contribution in [-0.4, -0.2) is 25.8 Å². The quantitative estimate of drug-likeness (QED) is 0.621. The topological polar surface area (TPSA) is 26.0 Å². The van der Waals surface area contributed by atoms with E-state index in [4.69, 9.17) is 12.2 Å². The van der Waals surface area contributed by atoms with Crippen LogP contribution in [0, 0.1) is 18.6 Å². The highest BCUT2D eigenvalue weighted by molar-refractivity contribution is 7.71. The molecule has 0 bridgehead atoms.